The van der Waals surface area contributed by atoms with Crippen LogP contribution >= 0.6 is 11.6 Å². The highest BCUT2D eigenvalue weighted by molar-refractivity contribution is 6.30. The van der Waals surface area contributed by atoms with Gasteiger partial charge in [0.05, 0.1) is 16.6 Å². The van der Waals surface area contributed by atoms with Gasteiger partial charge in [-0.3, -0.25) is 9.36 Å². The molecule has 0 aliphatic carbocycles. The smallest absolute Gasteiger partial charge is 0.266 e. The van der Waals surface area contributed by atoms with Crippen molar-refractivity contribution in [1.82, 2.24) is 9.55 Å². The van der Waals surface area contributed by atoms with E-state index in [1.165, 1.54) is 5.56 Å². The SMILES string of the molecule is C[C@H]([NH2+]Cc1ccccc1)c1nc2ccccc2c(=O)n1-c1ccc(Cl)cc1. The van der Waals surface area contributed by atoms with Crippen LogP contribution in [-0.2, 0) is 6.54 Å². The van der Waals surface area contributed by atoms with E-state index in [9.17, 15) is 4.79 Å². The van der Waals surface area contributed by atoms with Crippen LogP contribution in [0.25, 0.3) is 16.6 Å². The van der Waals surface area contributed by atoms with Crippen LogP contribution in [0.3, 0.4) is 0 Å². The number of halogens is 1. The van der Waals surface area contributed by atoms with Crippen molar-refractivity contribution >= 4 is 22.5 Å². The monoisotopic (exact) mass is 390 g/mol. The lowest BCUT2D eigenvalue weighted by atomic mass is 10.2. The highest BCUT2D eigenvalue weighted by atomic mass is 35.5. The van der Waals surface area contributed by atoms with Gasteiger partial charge < -0.3 is 5.32 Å². The largest absolute Gasteiger partial charge is 0.334 e. The van der Waals surface area contributed by atoms with Gasteiger partial charge in [0.25, 0.3) is 5.56 Å². The van der Waals surface area contributed by atoms with E-state index in [-0.39, 0.29) is 11.6 Å². The van der Waals surface area contributed by atoms with E-state index in [0.717, 1.165) is 18.1 Å². The Labute approximate surface area is 168 Å². The molecule has 0 spiro atoms. The zero-order chi connectivity index (χ0) is 19.5. The molecule has 4 rings (SSSR count). The molecule has 0 aliphatic rings. The lowest BCUT2D eigenvalue weighted by molar-refractivity contribution is -0.709. The van der Waals surface area contributed by atoms with Crippen molar-refractivity contribution in [3.8, 4) is 5.69 Å². The number of para-hydroxylation sites is 1. The van der Waals surface area contributed by atoms with Crippen LogP contribution in [0.4, 0.5) is 0 Å². The average molecular weight is 391 g/mol. The predicted molar refractivity (Wildman–Crippen MR) is 113 cm³/mol. The Bertz CT molecular complexity index is 1150. The Kier molecular flexibility index (Phi) is 5.24. The van der Waals surface area contributed by atoms with Crippen LogP contribution in [0.15, 0.2) is 83.7 Å². The molecule has 140 valence electrons. The van der Waals surface area contributed by atoms with Gasteiger partial charge in [-0.1, -0.05) is 54.1 Å². The van der Waals surface area contributed by atoms with Gasteiger partial charge in [-0.15, -0.1) is 0 Å². The van der Waals surface area contributed by atoms with Crippen LogP contribution in [0.5, 0.6) is 0 Å². The summed E-state index contributed by atoms with van der Waals surface area (Å²) in [5.74, 6) is 0.724. The molecular formula is C23H21ClN3O+. The summed E-state index contributed by atoms with van der Waals surface area (Å²) in [5.41, 5.74) is 2.65. The molecule has 28 heavy (non-hydrogen) atoms. The summed E-state index contributed by atoms with van der Waals surface area (Å²) in [6, 6.07) is 25.0. The van der Waals surface area contributed by atoms with Crippen molar-refractivity contribution in [1.29, 1.82) is 0 Å². The second kappa shape index (κ2) is 7.97. The molecule has 5 heteroatoms. The van der Waals surface area contributed by atoms with E-state index >= 15 is 0 Å². The van der Waals surface area contributed by atoms with E-state index in [1.54, 1.807) is 16.7 Å². The van der Waals surface area contributed by atoms with Crippen LogP contribution < -0.4 is 10.9 Å². The minimum absolute atomic E-state index is 0.00631. The lowest BCUT2D eigenvalue weighted by Gasteiger charge is -2.17. The molecule has 0 amide bonds. The fraction of sp³-hybridized carbons (Fsp3) is 0.130. The molecule has 1 atom stereocenters. The first-order valence-corrected chi connectivity index (χ1v) is 9.66. The number of nitrogens with zero attached hydrogens (tertiary/aromatic N) is 2. The number of nitrogens with two attached hydrogens (primary N) is 1. The zero-order valence-electron chi connectivity index (χ0n) is 15.5. The normalized spacial score (nSPS) is 12.2. The first-order valence-electron chi connectivity index (χ1n) is 9.28. The second-order valence-corrected chi connectivity index (χ2v) is 7.25. The van der Waals surface area contributed by atoms with E-state index in [1.807, 2.05) is 54.6 Å². The van der Waals surface area contributed by atoms with Gasteiger partial charge in [-0.2, -0.15) is 0 Å². The first kappa shape index (κ1) is 18.4. The third kappa shape index (κ3) is 3.70. The molecular weight excluding hydrogens is 370 g/mol. The van der Waals surface area contributed by atoms with Crippen molar-refractivity contribution in [2.24, 2.45) is 0 Å². The van der Waals surface area contributed by atoms with Crippen LogP contribution in [0.2, 0.25) is 5.02 Å². The second-order valence-electron chi connectivity index (χ2n) is 6.82. The molecule has 0 aliphatic heterocycles. The van der Waals surface area contributed by atoms with E-state index in [0.29, 0.717) is 15.9 Å². The van der Waals surface area contributed by atoms with Gasteiger partial charge in [-0.25, -0.2) is 4.98 Å². The fourth-order valence-electron chi connectivity index (χ4n) is 3.33. The Hall–Kier alpha value is -2.95. The molecule has 0 radical (unpaired) electrons. The Morgan fingerprint density at radius 1 is 0.964 bits per heavy atom. The van der Waals surface area contributed by atoms with Gasteiger partial charge in [0.1, 0.15) is 12.6 Å². The van der Waals surface area contributed by atoms with Gasteiger partial charge in [0.2, 0.25) is 0 Å². The van der Waals surface area contributed by atoms with Crippen molar-refractivity contribution in [3.05, 3.63) is 106 Å². The maximum atomic E-state index is 13.3. The number of benzene rings is 3. The summed E-state index contributed by atoms with van der Waals surface area (Å²) in [4.78, 5) is 18.1. The number of fused-ring (bicyclic) bond motifs is 1. The van der Waals surface area contributed by atoms with Gasteiger partial charge in [0, 0.05) is 10.6 Å². The molecule has 0 saturated heterocycles. The average Bonchev–Trinajstić information content (AvgIpc) is 2.73. The predicted octanol–water partition coefficient (Wildman–Crippen LogP) is 3.86. The number of aromatic nitrogens is 2. The summed E-state index contributed by atoms with van der Waals surface area (Å²) >= 11 is 6.04. The molecule has 0 bridgehead atoms. The van der Waals surface area contributed by atoms with Crippen LogP contribution in [0, 0.1) is 0 Å². The summed E-state index contributed by atoms with van der Waals surface area (Å²) in [6.45, 7) is 2.89. The molecule has 3 aromatic carbocycles. The number of hydrogen-bond donors (Lipinski definition) is 1. The van der Waals surface area contributed by atoms with Gasteiger partial charge in [-0.05, 0) is 43.3 Å². The first-order chi connectivity index (χ1) is 13.6. The molecule has 4 nitrogen and oxygen atoms in total. The van der Waals surface area contributed by atoms with Crippen molar-refractivity contribution in [3.63, 3.8) is 0 Å². The molecule has 0 saturated carbocycles. The summed E-state index contributed by atoms with van der Waals surface area (Å²) in [7, 11) is 0. The summed E-state index contributed by atoms with van der Waals surface area (Å²) < 4.78 is 1.70. The van der Waals surface area contributed by atoms with Crippen molar-refractivity contribution in [2.75, 3.05) is 0 Å². The standard InChI is InChI=1S/C23H20ClN3O/c1-16(25-15-17-7-3-2-4-8-17)22-26-21-10-6-5-9-20(21)23(28)27(22)19-13-11-18(24)12-14-19/h2-14,16,25H,15H2,1H3/p+1/t16-/m0/s1. The van der Waals surface area contributed by atoms with Crippen LogP contribution in [-0.4, -0.2) is 9.55 Å². The molecule has 0 fully saturated rings. The molecule has 0 unspecified atom stereocenters. The number of hydrogen-bond acceptors (Lipinski definition) is 2. The Morgan fingerprint density at radius 2 is 1.64 bits per heavy atom. The van der Waals surface area contributed by atoms with Gasteiger partial charge in [0.15, 0.2) is 5.82 Å². The number of quaternary nitrogens is 1. The minimum Gasteiger partial charge on any atom is -0.334 e. The zero-order valence-corrected chi connectivity index (χ0v) is 16.3. The van der Waals surface area contributed by atoms with Crippen LogP contribution in [0.1, 0.15) is 24.4 Å². The Balaban J connectivity index is 1.80. The highest BCUT2D eigenvalue weighted by Crippen LogP contribution is 2.18. The van der Waals surface area contributed by atoms with E-state index in [2.05, 4.69) is 24.4 Å². The maximum absolute atomic E-state index is 13.3. The lowest BCUT2D eigenvalue weighted by Crippen LogP contribution is -2.83. The summed E-state index contributed by atoms with van der Waals surface area (Å²) in [5, 5.41) is 3.44. The molecule has 2 N–H and O–H groups in total. The summed E-state index contributed by atoms with van der Waals surface area (Å²) in [6.07, 6.45) is 0. The van der Waals surface area contributed by atoms with Gasteiger partial charge >= 0.3 is 0 Å². The van der Waals surface area contributed by atoms with Crippen molar-refractivity contribution in [2.45, 2.75) is 19.5 Å². The third-order valence-electron chi connectivity index (χ3n) is 4.84. The molecule has 1 heterocycles. The molecule has 4 aromatic rings. The number of rotatable bonds is 5. The third-order valence-corrected chi connectivity index (χ3v) is 5.10. The van der Waals surface area contributed by atoms with E-state index in [4.69, 9.17) is 16.6 Å². The maximum Gasteiger partial charge on any atom is 0.266 e. The fourth-order valence-corrected chi connectivity index (χ4v) is 3.45. The minimum atomic E-state index is -0.0668. The topological polar surface area (TPSA) is 51.5 Å². The van der Waals surface area contributed by atoms with E-state index < -0.39 is 0 Å². The Morgan fingerprint density at radius 3 is 2.39 bits per heavy atom. The highest BCUT2D eigenvalue weighted by Gasteiger charge is 2.20. The molecule has 1 aromatic heterocycles. The van der Waals surface area contributed by atoms with Crippen molar-refractivity contribution < 1.29 is 5.32 Å². The quantitative estimate of drug-likeness (QED) is 0.562.